The van der Waals surface area contributed by atoms with Gasteiger partial charge >= 0.3 is 0 Å². The lowest BCUT2D eigenvalue weighted by Crippen LogP contribution is -2.65. The number of aromatic amines is 1. The van der Waals surface area contributed by atoms with Crippen LogP contribution in [0.15, 0.2) is 79.3 Å². The molecular formula is C36H44ClN9O3. The predicted octanol–water partition coefficient (Wildman–Crippen LogP) is 2.75. The van der Waals surface area contributed by atoms with Gasteiger partial charge in [0.1, 0.15) is 12.1 Å². The van der Waals surface area contributed by atoms with E-state index in [0.717, 1.165) is 21.9 Å². The van der Waals surface area contributed by atoms with E-state index in [-0.39, 0.29) is 36.7 Å². The Morgan fingerprint density at radius 3 is 2.53 bits per heavy atom. The van der Waals surface area contributed by atoms with Crippen molar-refractivity contribution in [3.63, 3.8) is 0 Å². The molecule has 5 rings (SSSR count). The second-order valence-electron chi connectivity index (χ2n) is 12.6. The summed E-state index contributed by atoms with van der Waals surface area (Å²) in [6, 6.07) is 18.6. The first kappa shape index (κ1) is 35.4. The molecule has 13 heteroatoms. The van der Waals surface area contributed by atoms with E-state index < -0.39 is 24.0 Å². The van der Waals surface area contributed by atoms with Crippen LogP contribution in [0, 0.1) is 5.41 Å². The maximum absolute atomic E-state index is 14.5. The molecule has 1 fully saturated rings. The number of hydrogen-bond acceptors (Lipinski definition) is 6. The Bertz CT molecular complexity index is 1750. The second kappa shape index (κ2) is 16.4. The summed E-state index contributed by atoms with van der Waals surface area (Å²) in [5.74, 6) is -1.17. The number of imidazole rings is 1. The van der Waals surface area contributed by atoms with Crippen LogP contribution in [0.25, 0.3) is 10.8 Å². The highest BCUT2D eigenvalue weighted by molar-refractivity contribution is 6.30. The molecule has 8 N–H and O–H groups in total. The number of rotatable bonds is 14. The van der Waals surface area contributed by atoms with Crippen LogP contribution in [0.4, 0.5) is 0 Å². The molecule has 1 aromatic heterocycles. The number of piperazine rings is 1. The molecule has 0 radical (unpaired) electrons. The number of nitrogens with two attached hydrogens (primary N) is 2. The maximum Gasteiger partial charge on any atom is 0.246 e. The van der Waals surface area contributed by atoms with Crippen molar-refractivity contribution >= 4 is 46.1 Å². The molecule has 4 atom stereocenters. The Morgan fingerprint density at radius 1 is 1.08 bits per heavy atom. The fourth-order valence-electron chi connectivity index (χ4n) is 6.32. The van der Waals surface area contributed by atoms with E-state index in [1.807, 2.05) is 36.1 Å². The van der Waals surface area contributed by atoms with Gasteiger partial charge in [0.15, 0.2) is 5.96 Å². The van der Waals surface area contributed by atoms with Crippen molar-refractivity contribution in [1.82, 2.24) is 30.4 Å². The molecule has 0 unspecified atom stereocenters. The normalized spacial score (nSPS) is 17.5. The smallest absolute Gasteiger partial charge is 0.246 e. The molecule has 3 amide bonds. The van der Waals surface area contributed by atoms with Crippen LogP contribution < -0.4 is 22.1 Å². The van der Waals surface area contributed by atoms with Crippen molar-refractivity contribution in [2.24, 2.45) is 11.5 Å². The standard InChI is InChI=1S/C36H44ClN9O3/c1-23-21-46(34(48)31(18-24-9-12-28(37)13-10-24)44-33(47)30(38)19-29-20-41-22-43-29)32(7-4-15-42-36(39)40)35(49)45(23)16-14-25-8-11-26-5-2-3-6-27(26)17-25/h2-3,5-6,8-13,17,20,22-23,30-32H,4,7,14-16,18-19,21,38H2,1H3,(H,41,43)(H,44,47)(H4,39,40,42)/t23-,30+,31-,32+/m1/s1. The van der Waals surface area contributed by atoms with Gasteiger partial charge in [0.05, 0.1) is 18.1 Å². The minimum absolute atomic E-state index is 0.150. The molecular weight excluding hydrogens is 642 g/mol. The minimum atomic E-state index is -0.985. The number of carbonyl (C=O) groups excluding carboxylic acids is 3. The first-order valence-corrected chi connectivity index (χ1v) is 16.9. The van der Waals surface area contributed by atoms with Crippen LogP contribution in [0.5, 0.6) is 0 Å². The summed E-state index contributed by atoms with van der Waals surface area (Å²) in [7, 11) is 0. The van der Waals surface area contributed by atoms with E-state index in [1.165, 1.54) is 6.33 Å². The molecule has 258 valence electrons. The van der Waals surface area contributed by atoms with Gasteiger partial charge in [0.2, 0.25) is 17.7 Å². The summed E-state index contributed by atoms with van der Waals surface area (Å²) in [4.78, 5) is 52.6. The van der Waals surface area contributed by atoms with Gasteiger partial charge < -0.3 is 36.9 Å². The first-order chi connectivity index (χ1) is 23.6. The van der Waals surface area contributed by atoms with Gasteiger partial charge in [-0.15, -0.1) is 0 Å². The topological polar surface area (TPSA) is 186 Å². The highest BCUT2D eigenvalue weighted by Crippen LogP contribution is 2.24. The summed E-state index contributed by atoms with van der Waals surface area (Å²) in [5.41, 5.74) is 14.3. The zero-order chi connectivity index (χ0) is 34.9. The molecule has 1 aliphatic heterocycles. The fraction of sp³-hybridized carbons (Fsp3) is 0.361. The monoisotopic (exact) mass is 685 g/mol. The van der Waals surface area contributed by atoms with Gasteiger partial charge in [-0.2, -0.15) is 0 Å². The van der Waals surface area contributed by atoms with Crippen LogP contribution in [0.3, 0.4) is 0 Å². The Labute approximate surface area is 291 Å². The highest BCUT2D eigenvalue weighted by atomic mass is 35.5. The quantitative estimate of drug-likeness (QED) is 0.0669. The summed E-state index contributed by atoms with van der Waals surface area (Å²) in [6.45, 7) is 3.11. The maximum atomic E-state index is 14.5. The molecule has 0 spiro atoms. The molecule has 12 nitrogen and oxygen atoms in total. The first-order valence-electron chi connectivity index (χ1n) is 16.5. The molecule has 0 saturated carbocycles. The third kappa shape index (κ3) is 9.36. The SMILES string of the molecule is C[C@@H]1CN(C(=O)[C@@H](Cc2ccc(Cl)cc2)NC(=O)[C@@H](N)Cc2c[nH]cn2)[C@@H](CCCNC(=N)N)C(=O)N1CCc1ccc2ccccc2c1. The average Bonchev–Trinajstić information content (AvgIpc) is 3.60. The van der Waals surface area contributed by atoms with E-state index in [1.54, 1.807) is 23.2 Å². The molecule has 1 saturated heterocycles. The van der Waals surface area contributed by atoms with E-state index >= 15 is 0 Å². The number of benzene rings is 3. The zero-order valence-corrected chi connectivity index (χ0v) is 28.3. The summed E-state index contributed by atoms with van der Waals surface area (Å²) >= 11 is 6.12. The molecule has 4 aromatic rings. The third-order valence-electron chi connectivity index (χ3n) is 8.93. The summed E-state index contributed by atoms with van der Waals surface area (Å²) < 4.78 is 0. The van der Waals surface area contributed by atoms with Gasteiger partial charge in [-0.25, -0.2) is 4.98 Å². The zero-order valence-electron chi connectivity index (χ0n) is 27.6. The van der Waals surface area contributed by atoms with Crippen molar-refractivity contribution < 1.29 is 14.4 Å². The number of nitrogens with one attached hydrogen (secondary N) is 4. The van der Waals surface area contributed by atoms with Crippen molar-refractivity contribution in [2.75, 3.05) is 19.6 Å². The molecule has 3 aromatic carbocycles. The number of guanidine groups is 1. The molecule has 2 heterocycles. The lowest BCUT2D eigenvalue weighted by molar-refractivity contribution is -0.156. The number of nitrogens with zero attached hydrogens (tertiary/aromatic N) is 3. The largest absolute Gasteiger partial charge is 0.370 e. The van der Waals surface area contributed by atoms with Crippen LogP contribution in [0.1, 0.15) is 36.6 Å². The lowest BCUT2D eigenvalue weighted by atomic mass is 9.97. The van der Waals surface area contributed by atoms with Crippen molar-refractivity contribution in [3.8, 4) is 0 Å². The van der Waals surface area contributed by atoms with Crippen molar-refractivity contribution in [1.29, 1.82) is 5.41 Å². The Balaban J connectivity index is 1.36. The number of carbonyl (C=O) groups is 3. The van der Waals surface area contributed by atoms with Gasteiger partial charge in [-0.1, -0.05) is 66.2 Å². The lowest BCUT2D eigenvalue weighted by Gasteiger charge is -2.46. The van der Waals surface area contributed by atoms with E-state index in [0.29, 0.717) is 49.6 Å². The van der Waals surface area contributed by atoms with E-state index in [4.69, 9.17) is 28.5 Å². The van der Waals surface area contributed by atoms with Crippen LogP contribution in [0.2, 0.25) is 5.02 Å². The second-order valence-corrected chi connectivity index (χ2v) is 13.0. The predicted molar refractivity (Wildman–Crippen MR) is 191 cm³/mol. The minimum Gasteiger partial charge on any atom is -0.370 e. The average molecular weight is 686 g/mol. The molecule has 1 aliphatic rings. The van der Waals surface area contributed by atoms with E-state index in [2.05, 4.69) is 50.9 Å². The Kier molecular flexibility index (Phi) is 11.9. The van der Waals surface area contributed by atoms with Crippen LogP contribution in [-0.2, 0) is 33.6 Å². The Hall–Kier alpha value is -4.94. The Morgan fingerprint density at radius 2 is 1.82 bits per heavy atom. The van der Waals surface area contributed by atoms with Gasteiger partial charge in [0.25, 0.3) is 0 Å². The molecule has 0 bridgehead atoms. The van der Waals surface area contributed by atoms with E-state index in [9.17, 15) is 14.4 Å². The number of hydrogen-bond donors (Lipinski definition) is 6. The molecule has 49 heavy (non-hydrogen) atoms. The third-order valence-corrected chi connectivity index (χ3v) is 9.19. The molecule has 0 aliphatic carbocycles. The number of halogens is 1. The number of aromatic nitrogens is 2. The summed E-state index contributed by atoms with van der Waals surface area (Å²) in [6.07, 6.45) is 5.06. The highest BCUT2D eigenvalue weighted by Gasteiger charge is 2.42. The van der Waals surface area contributed by atoms with Crippen LogP contribution >= 0.6 is 11.6 Å². The van der Waals surface area contributed by atoms with Crippen LogP contribution in [-0.4, -0.2) is 87.3 Å². The van der Waals surface area contributed by atoms with Gasteiger partial charge in [-0.05, 0) is 60.2 Å². The van der Waals surface area contributed by atoms with Crippen molar-refractivity contribution in [2.45, 2.75) is 63.2 Å². The fourth-order valence-corrected chi connectivity index (χ4v) is 6.45. The van der Waals surface area contributed by atoms with Gasteiger partial charge in [-0.3, -0.25) is 19.8 Å². The van der Waals surface area contributed by atoms with Gasteiger partial charge in [0, 0.05) is 49.7 Å². The number of fused-ring (bicyclic) bond motifs is 1. The summed E-state index contributed by atoms with van der Waals surface area (Å²) in [5, 5.41) is 16.0. The van der Waals surface area contributed by atoms with Crippen molar-refractivity contribution in [3.05, 3.63) is 101 Å². The number of amides is 3. The number of H-pyrrole nitrogens is 1.